The lowest BCUT2D eigenvalue weighted by atomic mass is 10.2. The van der Waals surface area contributed by atoms with Gasteiger partial charge in [0.2, 0.25) is 0 Å². The fraction of sp³-hybridized carbons (Fsp3) is 0.167. The van der Waals surface area contributed by atoms with Gasteiger partial charge in [-0.2, -0.15) is 0 Å². The molecule has 1 aromatic heterocycles. The molecule has 25 heavy (non-hydrogen) atoms. The van der Waals surface area contributed by atoms with Crippen molar-refractivity contribution < 1.29 is 14.3 Å². The summed E-state index contributed by atoms with van der Waals surface area (Å²) in [6.07, 6.45) is 0.670. The van der Waals surface area contributed by atoms with Crippen molar-refractivity contribution in [3.63, 3.8) is 0 Å². The van der Waals surface area contributed by atoms with E-state index in [4.69, 9.17) is 10.5 Å². The zero-order chi connectivity index (χ0) is 17.6. The van der Waals surface area contributed by atoms with Crippen LogP contribution in [-0.2, 0) is 11.2 Å². The van der Waals surface area contributed by atoms with Gasteiger partial charge in [0.05, 0.1) is 15.2 Å². The lowest BCUT2D eigenvalue weighted by Crippen LogP contribution is -2.25. The molecule has 3 aromatic rings. The summed E-state index contributed by atoms with van der Waals surface area (Å²) in [5.74, 6) is -0.339. The number of nitrogens with zero attached hydrogens (tertiary/aromatic N) is 1. The Morgan fingerprint density at radius 1 is 1.16 bits per heavy atom. The fourth-order valence-electron chi connectivity index (χ4n) is 2.29. The van der Waals surface area contributed by atoms with E-state index in [2.05, 4.69) is 10.3 Å². The minimum Gasteiger partial charge on any atom is -0.484 e. The van der Waals surface area contributed by atoms with Gasteiger partial charge in [0.1, 0.15) is 5.75 Å². The molecular weight excluding hydrogens is 338 g/mol. The predicted octanol–water partition coefficient (Wildman–Crippen LogP) is 2.13. The first-order valence-electron chi connectivity index (χ1n) is 7.75. The molecule has 0 aliphatic rings. The van der Waals surface area contributed by atoms with E-state index in [1.807, 2.05) is 24.3 Å². The molecule has 0 spiro atoms. The second-order valence-electron chi connectivity index (χ2n) is 5.36. The third-order valence-electron chi connectivity index (χ3n) is 3.44. The molecule has 7 heteroatoms. The normalized spacial score (nSPS) is 10.6. The molecule has 2 amide bonds. The number of fused-ring (bicyclic) bond motifs is 1. The smallest absolute Gasteiger partial charge is 0.255 e. The summed E-state index contributed by atoms with van der Waals surface area (Å²) in [6, 6.07) is 14.6. The maximum absolute atomic E-state index is 12.2. The van der Waals surface area contributed by atoms with E-state index in [0.717, 1.165) is 15.2 Å². The number of amides is 2. The highest BCUT2D eigenvalue weighted by Crippen LogP contribution is 2.21. The first kappa shape index (κ1) is 16.9. The van der Waals surface area contributed by atoms with Crippen LogP contribution in [0.4, 0.5) is 0 Å². The molecule has 6 nitrogen and oxygen atoms in total. The van der Waals surface area contributed by atoms with E-state index in [1.54, 1.807) is 35.6 Å². The standard InChI is InChI=1S/C18H17N3O3S/c19-16(22)11-24-13-5-3-4-12(10-13)18(23)20-9-8-17-21-14-6-1-2-7-15(14)25-17/h1-7,10H,8-9,11H2,(H2,19,22)(H,20,23). The molecule has 128 valence electrons. The molecule has 3 N–H and O–H groups in total. The number of nitrogens with two attached hydrogens (primary N) is 1. The summed E-state index contributed by atoms with van der Waals surface area (Å²) >= 11 is 1.63. The Kier molecular flexibility index (Phi) is 5.25. The van der Waals surface area contributed by atoms with Gasteiger partial charge >= 0.3 is 0 Å². The van der Waals surface area contributed by atoms with E-state index < -0.39 is 5.91 Å². The van der Waals surface area contributed by atoms with Gasteiger partial charge in [0, 0.05) is 18.5 Å². The lowest BCUT2D eigenvalue weighted by Gasteiger charge is -2.07. The van der Waals surface area contributed by atoms with Crippen LogP contribution in [0.5, 0.6) is 5.75 Å². The van der Waals surface area contributed by atoms with Crippen molar-refractivity contribution in [2.45, 2.75) is 6.42 Å². The highest BCUT2D eigenvalue weighted by Gasteiger charge is 2.08. The number of primary amides is 1. The van der Waals surface area contributed by atoms with Gasteiger partial charge in [0.25, 0.3) is 11.8 Å². The Balaban J connectivity index is 1.55. The molecule has 3 rings (SSSR count). The Morgan fingerprint density at radius 3 is 2.80 bits per heavy atom. The number of rotatable bonds is 7. The average Bonchev–Trinajstić information content (AvgIpc) is 3.03. The molecule has 0 atom stereocenters. The van der Waals surface area contributed by atoms with Crippen molar-refractivity contribution in [1.82, 2.24) is 10.3 Å². The Labute approximate surface area is 148 Å². The van der Waals surface area contributed by atoms with E-state index in [0.29, 0.717) is 24.3 Å². The van der Waals surface area contributed by atoms with Crippen molar-refractivity contribution in [2.24, 2.45) is 5.73 Å². The van der Waals surface area contributed by atoms with E-state index in [9.17, 15) is 9.59 Å². The summed E-state index contributed by atoms with van der Waals surface area (Å²) in [7, 11) is 0. The molecule has 0 radical (unpaired) electrons. The summed E-state index contributed by atoms with van der Waals surface area (Å²) in [6.45, 7) is 0.272. The maximum atomic E-state index is 12.2. The number of hydrogen-bond donors (Lipinski definition) is 2. The number of hydrogen-bond acceptors (Lipinski definition) is 5. The molecule has 0 saturated carbocycles. The molecular formula is C18H17N3O3S. The minimum atomic E-state index is -0.564. The quantitative estimate of drug-likeness (QED) is 0.679. The monoisotopic (exact) mass is 355 g/mol. The Bertz CT molecular complexity index is 874. The summed E-state index contributed by atoms with van der Waals surface area (Å²) in [4.78, 5) is 27.5. The number of carbonyl (C=O) groups excluding carboxylic acids is 2. The molecule has 0 aliphatic heterocycles. The molecule has 2 aromatic carbocycles. The lowest BCUT2D eigenvalue weighted by molar-refractivity contribution is -0.119. The number of thiazole rings is 1. The Morgan fingerprint density at radius 2 is 2.00 bits per heavy atom. The molecule has 1 heterocycles. The van der Waals surface area contributed by atoms with Gasteiger partial charge in [-0.05, 0) is 30.3 Å². The highest BCUT2D eigenvalue weighted by atomic mass is 32.1. The third kappa shape index (κ3) is 4.54. The van der Waals surface area contributed by atoms with Crippen LogP contribution in [0.3, 0.4) is 0 Å². The maximum Gasteiger partial charge on any atom is 0.255 e. The number of aromatic nitrogens is 1. The summed E-state index contributed by atoms with van der Waals surface area (Å²) in [5.41, 5.74) is 6.48. The first-order chi connectivity index (χ1) is 12.1. The van der Waals surface area contributed by atoms with Crippen LogP contribution in [0.15, 0.2) is 48.5 Å². The van der Waals surface area contributed by atoms with Gasteiger partial charge in [-0.25, -0.2) is 4.98 Å². The van der Waals surface area contributed by atoms with Crippen LogP contribution in [0.1, 0.15) is 15.4 Å². The third-order valence-corrected chi connectivity index (χ3v) is 4.54. The average molecular weight is 355 g/mol. The van der Waals surface area contributed by atoms with Crippen LogP contribution in [0, 0.1) is 0 Å². The van der Waals surface area contributed by atoms with Crippen molar-refractivity contribution in [3.05, 3.63) is 59.1 Å². The second kappa shape index (κ2) is 7.76. The van der Waals surface area contributed by atoms with Crippen LogP contribution in [0.25, 0.3) is 10.2 Å². The minimum absolute atomic E-state index is 0.203. The molecule has 0 fully saturated rings. The zero-order valence-corrected chi connectivity index (χ0v) is 14.2. The first-order valence-corrected chi connectivity index (χ1v) is 8.57. The van der Waals surface area contributed by atoms with Crippen molar-refractivity contribution in [1.29, 1.82) is 0 Å². The fourth-order valence-corrected chi connectivity index (χ4v) is 3.26. The summed E-state index contributed by atoms with van der Waals surface area (Å²) in [5, 5.41) is 3.85. The number of benzene rings is 2. The summed E-state index contributed by atoms with van der Waals surface area (Å²) < 4.78 is 6.34. The molecule has 0 bridgehead atoms. The van der Waals surface area contributed by atoms with Crippen molar-refractivity contribution >= 4 is 33.4 Å². The highest BCUT2D eigenvalue weighted by molar-refractivity contribution is 7.18. The number of nitrogens with one attached hydrogen (secondary N) is 1. The predicted molar refractivity (Wildman–Crippen MR) is 96.8 cm³/mol. The second-order valence-corrected chi connectivity index (χ2v) is 6.48. The van der Waals surface area contributed by atoms with Crippen LogP contribution >= 0.6 is 11.3 Å². The van der Waals surface area contributed by atoms with E-state index >= 15 is 0 Å². The number of carbonyl (C=O) groups is 2. The Hall–Kier alpha value is -2.93. The van der Waals surface area contributed by atoms with Crippen LogP contribution in [0.2, 0.25) is 0 Å². The number of ether oxygens (including phenoxy) is 1. The van der Waals surface area contributed by atoms with Crippen molar-refractivity contribution in [3.8, 4) is 5.75 Å². The number of para-hydroxylation sites is 1. The van der Waals surface area contributed by atoms with Gasteiger partial charge < -0.3 is 15.8 Å². The van der Waals surface area contributed by atoms with Gasteiger partial charge in [-0.3, -0.25) is 9.59 Å². The zero-order valence-electron chi connectivity index (χ0n) is 13.4. The van der Waals surface area contributed by atoms with Crippen LogP contribution < -0.4 is 15.8 Å². The van der Waals surface area contributed by atoms with E-state index in [-0.39, 0.29) is 12.5 Å². The molecule has 0 aliphatic carbocycles. The van der Waals surface area contributed by atoms with E-state index in [1.165, 1.54) is 0 Å². The largest absolute Gasteiger partial charge is 0.484 e. The molecule has 0 unspecified atom stereocenters. The van der Waals surface area contributed by atoms with Gasteiger partial charge in [-0.15, -0.1) is 11.3 Å². The van der Waals surface area contributed by atoms with Gasteiger partial charge in [0.15, 0.2) is 6.61 Å². The SMILES string of the molecule is NC(=O)COc1cccc(C(=O)NCCc2nc3ccccc3s2)c1. The van der Waals surface area contributed by atoms with Gasteiger partial charge in [-0.1, -0.05) is 18.2 Å². The topological polar surface area (TPSA) is 94.3 Å². The van der Waals surface area contributed by atoms with Crippen LogP contribution in [-0.4, -0.2) is 29.9 Å². The van der Waals surface area contributed by atoms with Crippen molar-refractivity contribution in [2.75, 3.05) is 13.2 Å². The molecule has 0 saturated heterocycles.